The Labute approximate surface area is 147 Å². The summed E-state index contributed by atoms with van der Waals surface area (Å²) in [5.41, 5.74) is 3.58. The van der Waals surface area contributed by atoms with Crippen LogP contribution >= 0.6 is 11.3 Å². The van der Waals surface area contributed by atoms with Gasteiger partial charge in [-0.15, -0.1) is 11.3 Å². The van der Waals surface area contributed by atoms with Crippen molar-refractivity contribution in [2.75, 3.05) is 6.54 Å². The van der Waals surface area contributed by atoms with E-state index in [-0.39, 0.29) is 5.91 Å². The molecule has 1 aromatic carbocycles. The molecule has 2 aromatic rings. The fourth-order valence-electron chi connectivity index (χ4n) is 3.00. The van der Waals surface area contributed by atoms with Crippen LogP contribution in [0.15, 0.2) is 42.0 Å². The Morgan fingerprint density at radius 2 is 2.08 bits per heavy atom. The average Bonchev–Trinajstić information content (AvgIpc) is 2.97. The largest absolute Gasteiger partial charge is 0.355 e. The van der Waals surface area contributed by atoms with E-state index in [1.165, 1.54) is 31.3 Å². The Kier molecular flexibility index (Phi) is 5.81. The van der Waals surface area contributed by atoms with Gasteiger partial charge in [-0.1, -0.05) is 42.0 Å². The molecule has 0 fully saturated rings. The third-order valence-corrected chi connectivity index (χ3v) is 5.59. The molecule has 4 heteroatoms. The van der Waals surface area contributed by atoms with Crippen molar-refractivity contribution >= 4 is 17.2 Å². The standard InChI is InChI=1S/C20H24N2OS/c1-15-18(24-20(22-15)17-10-6-3-7-11-17)14-19(23)21-13-12-16-8-4-2-5-9-16/h3,6-8,10-11H,2,4-5,9,12-14H2,1H3,(H,21,23). The van der Waals surface area contributed by atoms with Gasteiger partial charge in [0.05, 0.1) is 12.1 Å². The van der Waals surface area contributed by atoms with E-state index in [4.69, 9.17) is 0 Å². The van der Waals surface area contributed by atoms with Crippen molar-refractivity contribution in [2.45, 2.75) is 45.4 Å². The summed E-state index contributed by atoms with van der Waals surface area (Å²) in [7, 11) is 0. The Hall–Kier alpha value is -1.94. The van der Waals surface area contributed by atoms with Crippen molar-refractivity contribution in [3.8, 4) is 10.6 Å². The summed E-state index contributed by atoms with van der Waals surface area (Å²) in [6.07, 6.45) is 8.76. The molecule has 1 aliphatic carbocycles. The number of nitrogens with zero attached hydrogens (tertiary/aromatic N) is 1. The van der Waals surface area contributed by atoms with Gasteiger partial charge in [0.15, 0.2) is 0 Å². The van der Waals surface area contributed by atoms with Crippen LogP contribution in [-0.4, -0.2) is 17.4 Å². The van der Waals surface area contributed by atoms with Crippen LogP contribution < -0.4 is 5.32 Å². The van der Waals surface area contributed by atoms with Gasteiger partial charge in [-0.25, -0.2) is 4.98 Å². The maximum absolute atomic E-state index is 12.2. The highest BCUT2D eigenvalue weighted by atomic mass is 32.1. The van der Waals surface area contributed by atoms with E-state index in [2.05, 4.69) is 28.5 Å². The summed E-state index contributed by atoms with van der Waals surface area (Å²) in [6, 6.07) is 10.1. The van der Waals surface area contributed by atoms with E-state index < -0.39 is 0 Å². The Bertz CT molecular complexity index is 718. The van der Waals surface area contributed by atoms with Crippen molar-refractivity contribution in [1.29, 1.82) is 0 Å². The van der Waals surface area contributed by atoms with Crippen LogP contribution in [0.2, 0.25) is 0 Å². The zero-order valence-electron chi connectivity index (χ0n) is 14.2. The number of aromatic nitrogens is 1. The van der Waals surface area contributed by atoms with Gasteiger partial charge in [0.25, 0.3) is 0 Å². The first-order valence-electron chi connectivity index (χ1n) is 8.68. The number of thiazole rings is 1. The minimum atomic E-state index is 0.0952. The zero-order valence-corrected chi connectivity index (χ0v) is 15.0. The molecule has 1 aliphatic rings. The first-order valence-corrected chi connectivity index (χ1v) is 9.50. The highest BCUT2D eigenvalue weighted by Crippen LogP contribution is 2.28. The topological polar surface area (TPSA) is 42.0 Å². The lowest BCUT2D eigenvalue weighted by atomic mass is 9.97. The van der Waals surface area contributed by atoms with E-state index >= 15 is 0 Å². The lowest BCUT2D eigenvalue weighted by Crippen LogP contribution is -2.26. The van der Waals surface area contributed by atoms with Crippen LogP contribution in [0.5, 0.6) is 0 Å². The third kappa shape index (κ3) is 4.54. The predicted octanol–water partition coefficient (Wildman–Crippen LogP) is 4.67. The number of rotatable bonds is 6. The molecular formula is C20H24N2OS. The maximum Gasteiger partial charge on any atom is 0.225 e. The number of aryl methyl sites for hydroxylation is 1. The molecule has 1 aromatic heterocycles. The first-order chi connectivity index (χ1) is 11.7. The van der Waals surface area contributed by atoms with Crippen molar-refractivity contribution in [1.82, 2.24) is 10.3 Å². The normalized spacial score (nSPS) is 14.3. The second-order valence-electron chi connectivity index (χ2n) is 6.28. The number of amides is 1. The van der Waals surface area contributed by atoms with Crippen LogP contribution in [0.3, 0.4) is 0 Å². The molecule has 3 nitrogen and oxygen atoms in total. The molecular weight excluding hydrogens is 316 g/mol. The molecule has 1 amide bonds. The van der Waals surface area contributed by atoms with Crippen molar-refractivity contribution in [3.05, 3.63) is 52.6 Å². The summed E-state index contributed by atoms with van der Waals surface area (Å²) >= 11 is 1.62. The van der Waals surface area contributed by atoms with E-state index in [1.807, 2.05) is 25.1 Å². The Morgan fingerprint density at radius 1 is 1.25 bits per heavy atom. The summed E-state index contributed by atoms with van der Waals surface area (Å²) in [5, 5.41) is 4.04. The second-order valence-corrected chi connectivity index (χ2v) is 7.36. The monoisotopic (exact) mass is 340 g/mol. The quantitative estimate of drug-likeness (QED) is 0.777. The fraction of sp³-hybridized carbons (Fsp3) is 0.400. The van der Waals surface area contributed by atoms with Crippen molar-refractivity contribution < 1.29 is 4.79 Å². The number of nitrogens with one attached hydrogen (secondary N) is 1. The lowest BCUT2D eigenvalue weighted by molar-refractivity contribution is -0.120. The second kappa shape index (κ2) is 8.25. The smallest absolute Gasteiger partial charge is 0.225 e. The molecule has 24 heavy (non-hydrogen) atoms. The highest BCUT2D eigenvalue weighted by molar-refractivity contribution is 7.15. The molecule has 0 saturated carbocycles. The van der Waals surface area contributed by atoms with E-state index in [9.17, 15) is 4.79 Å². The number of carbonyl (C=O) groups excluding carboxylic acids is 1. The van der Waals surface area contributed by atoms with Gasteiger partial charge in [-0.3, -0.25) is 4.79 Å². The van der Waals surface area contributed by atoms with Gasteiger partial charge >= 0.3 is 0 Å². The van der Waals surface area contributed by atoms with E-state index in [0.717, 1.165) is 34.1 Å². The molecule has 3 rings (SSSR count). The third-order valence-electron chi connectivity index (χ3n) is 4.39. The molecule has 0 aliphatic heterocycles. The first kappa shape index (κ1) is 16.9. The maximum atomic E-state index is 12.2. The number of hydrogen-bond acceptors (Lipinski definition) is 3. The summed E-state index contributed by atoms with van der Waals surface area (Å²) in [4.78, 5) is 17.9. The van der Waals surface area contributed by atoms with Gasteiger partial charge < -0.3 is 5.32 Å². The molecule has 0 spiro atoms. The molecule has 1 N–H and O–H groups in total. The van der Waals surface area contributed by atoms with Gasteiger partial charge in [-0.05, 0) is 39.0 Å². The molecule has 0 radical (unpaired) electrons. The number of benzene rings is 1. The minimum absolute atomic E-state index is 0.0952. The zero-order chi connectivity index (χ0) is 16.8. The predicted molar refractivity (Wildman–Crippen MR) is 100 cm³/mol. The lowest BCUT2D eigenvalue weighted by Gasteiger charge is -2.12. The van der Waals surface area contributed by atoms with Crippen molar-refractivity contribution in [3.63, 3.8) is 0 Å². The number of hydrogen-bond donors (Lipinski definition) is 1. The van der Waals surface area contributed by atoms with Gasteiger partial charge in [0.1, 0.15) is 5.01 Å². The molecule has 0 unspecified atom stereocenters. The number of allylic oxidation sites excluding steroid dienone is 1. The Morgan fingerprint density at radius 3 is 2.83 bits per heavy atom. The SMILES string of the molecule is Cc1nc(-c2ccccc2)sc1CC(=O)NCCC1=CCCCC1. The van der Waals surface area contributed by atoms with Crippen LogP contribution in [0.4, 0.5) is 0 Å². The summed E-state index contributed by atoms with van der Waals surface area (Å²) in [6.45, 7) is 2.73. The van der Waals surface area contributed by atoms with Crippen LogP contribution in [0.1, 0.15) is 42.7 Å². The van der Waals surface area contributed by atoms with E-state index in [1.54, 1.807) is 11.3 Å². The highest BCUT2D eigenvalue weighted by Gasteiger charge is 2.13. The van der Waals surface area contributed by atoms with Crippen LogP contribution in [-0.2, 0) is 11.2 Å². The summed E-state index contributed by atoms with van der Waals surface area (Å²) in [5.74, 6) is 0.0952. The van der Waals surface area contributed by atoms with Gasteiger partial charge in [0.2, 0.25) is 5.91 Å². The van der Waals surface area contributed by atoms with Crippen molar-refractivity contribution in [2.24, 2.45) is 0 Å². The molecule has 0 atom stereocenters. The minimum Gasteiger partial charge on any atom is -0.355 e. The fourth-order valence-corrected chi connectivity index (χ4v) is 4.07. The number of carbonyl (C=O) groups is 1. The molecule has 126 valence electrons. The van der Waals surface area contributed by atoms with Crippen LogP contribution in [0.25, 0.3) is 10.6 Å². The molecule has 0 bridgehead atoms. The average molecular weight is 340 g/mol. The van der Waals surface area contributed by atoms with E-state index in [0.29, 0.717) is 6.42 Å². The Balaban J connectivity index is 1.53. The van der Waals surface area contributed by atoms with Gasteiger partial charge in [-0.2, -0.15) is 0 Å². The van der Waals surface area contributed by atoms with Gasteiger partial charge in [0, 0.05) is 17.0 Å². The summed E-state index contributed by atoms with van der Waals surface area (Å²) < 4.78 is 0. The molecule has 0 saturated heterocycles. The van der Waals surface area contributed by atoms with Crippen LogP contribution in [0, 0.1) is 6.92 Å². The molecule has 1 heterocycles.